The van der Waals surface area contributed by atoms with Crippen molar-refractivity contribution in [2.45, 2.75) is 5.75 Å². The Labute approximate surface area is 137 Å². The van der Waals surface area contributed by atoms with E-state index < -0.39 is 5.91 Å². The number of aromatic nitrogens is 2. The maximum Gasteiger partial charge on any atom is 0.274 e. The third-order valence-corrected chi connectivity index (χ3v) is 3.90. The van der Waals surface area contributed by atoms with Crippen molar-refractivity contribution in [2.24, 2.45) is 0 Å². The number of rotatable bonds is 4. The number of anilines is 1. The SMILES string of the molecule is CSCc1nc(C(=O)Nc2cccc3ccccc23)cc(=O)[nH]1. The second kappa shape index (κ2) is 6.66. The van der Waals surface area contributed by atoms with Crippen molar-refractivity contribution in [3.05, 3.63) is 70.4 Å². The highest BCUT2D eigenvalue weighted by Gasteiger charge is 2.12. The summed E-state index contributed by atoms with van der Waals surface area (Å²) in [4.78, 5) is 30.9. The first kappa shape index (κ1) is 15.3. The van der Waals surface area contributed by atoms with Crippen LogP contribution >= 0.6 is 11.8 Å². The van der Waals surface area contributed by atoms with Gasteiger partial charge in [0, 0.05) is 17.1 Å². The Hall–Kier alpha value is -2.60. The van der Waals surface area contributed by atoms with Crippen LogP contribution in [0.15, 0.2) is 53.3 Å². The summed E-state index contributed by atoms with van der Waals surface area (Å²) in [6, 6.07) is 14.7. The molecule has 0 aliphatic carbocycles. The molecule has 0 saturated carbocycles. The van der Waals surface area contributed by atoms with Crippen LogP contribution in [0.5, 0.6) is 0 Å². The van der Waals surface area contributed by atoms with E-state index in [2.05, 4.69) is 15.3 Å². The van der Waals surface area contributed by atoms with Gasteiger partial charge in [-0.3, -0.25) is 9.59 Å². The van der Waals surface area contributed by atoms with Gasteiger partial charge >= 0.3 is 0 Å². The van der Waals surface area contributed by atoms with Crippen molar-refractivity contribution < 1.29 is 4.79 Å². The Morgan fingerprint density at radius 2 is 2.00 bits per heavy atom. The molecular formula is C17H15N3O2S. The number of aromatic amines is 1. The van der Waals surface area contributed by atoms with Crippen molar-refractivity contribution in [1.82, 2.24) is 9.97 Å². The first-order valence-electron chi connectivity index (χ1n) is 7.05. The molecule has 0 bridgehead atoms. The van der Waals surface area contributed by atoms with E-state index in [0.717, 1.165) is 10.8 Å². The van der Waals surface area contributed by atoms with E-state index >= 15 is 0 Å². The van der Waals surface area contributed by atoms with Crippen molar-refractivity contribution in [3.63, 3.8) is 0 Å². The van der Waals surface area contributed by atoms with Crippen molar-refractivity contribution in [1.29, 1.82) is 0 Å². The molecule has 116 valence electrons. The predicted octanol–water partition coefficient (Wildman–Crippen LogP) is 3.04. The molecule has 6 heteroatoms. The topological polar surface area (TPSA) is 74.8 Å². The Morgan fingerprint density at radius 1 is 1.22 bits per heavy atom. The lowest BCUT2D eigenvalue weighted by Gasteiger charge is -2.09. The molecule has 0 saturated heterocycles. The maximum absolute atomic E-state index is 12.4. The molecule has 1 amide bonds. The lowest BCUT2D eigenvalue weighted by Crippen LogP contribution is -2.20. The quantitative estimate of drug-likeness (QED) is 0.773. The second-order valence-electron chi connectivity index (χ2n) is 4.99. The average Bonchev–Trinajstić information content (AvgIpc) is 2.55. The number of nitrogens with zero attached hydrogens (tertiary/aromatic N) is 1. The van der Waals surface area contributed by atoms with Gasteiger partial charge in [0.05, 0.1) is 5.75 Å². The predicted molar refractivity (Wildman–Crippen MR) is 94.0 cm³/mol. The Morgan fingerprint density at radius 3 is 2.83 bits per heavy atom. The standard InChI is InChI=1S/C17H15N3O2S/c1-23-10-15-18-14(9-16(21)20-15)17(22)19-13-8-4-6-11-5-2-3-7-12(11)13/h2-9H,10H2,1H3,(H,19,22)(H,18,20,21). The van der Waals surface area contributed by atoms with Gasteiger partial charge in [0.15, 0.2) is 0 Å². The van der Waals surface area contributed by atoms with E-state index in [0.29, 0.717) is 17.3 Å². The van der Waals surface area contributed by atoms with Crippen LogP contribution in [-0.2, 0) is 5.75 Å². The third-order valence-electron chi connectivity index (χ3n) is 3.34. The monoisotopic (exact) mass is 325 g/mol. The number of hydrogen-bond acceptors (Lipinski definition) is 4. The fraction of sp³-hybridized carbons (Fsp3) is 0.118. The normalized spacial score (nSPS) is 10.7. The zero-order valence-corrected chi connectivity index (χ0v) is 13.3. The Bertz CT molecular complexity index is 916. The summed E-state index contributed by atoms with van der Waals surface area (Å²) in [6.45, 7) is 0. The van der Waals surface area contributed by atoms with E-state index in [-0.39, 0.29) is 11.3 Å². The van der Waals surface area contributed by atoms with Crippen LogP contribution in [0.2, 0.25) is 0 Å². The summed E-state index contributed by atoms with van der Waals surface area (Å²) < 4.78 is 0. The van der Waals surface area contributed by atoms with Gasteiger partial charge in [-0.25, -0.2) is 4.98 Å². The highest BCUT2D eigenvalue weighted by molar-refractivity contribution is 7.97. The molecule has 1 aromatic heterocycles. The molecule has 0 spiro atoms. The summed E-state index contributed by atoms with van der Waals surface area (Å²) in [5.41, 5.74) is 0.486. The van der Waals surface area contributed by atoms with E-state index in [9.17, 15) is 9.59 Å². The van der Waals surface area contributed by atoms with Crippen molar-refractivity contribution in [3.8, 4) is 0 Å². The molecule has 23 heavy (non-hydrogen) atoms. The van der Waals surface area contributed by atoms with Gasteiger partial charge in [-0.15, -0.1) is 0 Å². The van der Waals surface area contributed by atoms with E-state index in [1.807, 2.05) is 48.7 Å². The zero-order valence-electron chi connectivity index (χ0n) is 12.5. The van der Waals surface area contributed by atoms with Crippen LogP contribution in [0, 0.1) is 0 Å². The first-order chi connectivity index (χ1) is 11.2. The number of nitrogens with one attached hydrogen (secondary N) is 2. The third kappa shape index (κ3) is 3.43. The summed E-state index contributed by atoms with van der Waals surface area (Å²) in [5.74, 6) is 0.646. The minimum absolute atomic E-state index is 0.116. The van der Waals surface area contributed by atoms with Gasteiger partial charge in [0.1, 0.15) is 11.5 Å². The van der Waals surface area contributed by atoms with Gasteiger partial charge in [-0.1, -0.05) is 36.4 Å². The van der Waals surface area contributed by atoms with Gasteiger partial charge in [0.2, 0.25) is 0 Å². The first-order valence-corrected chi connectivity index (χ1v) is 8.45. The number of fused-ring (bicyclic) bond motifs is 1. The fourth-order valence-corrected chi connectivity index (χ4v) is 2.76. The summed E-state index contributed by atoms with van der Waals surface area (Å²) in [5, 5.41) is 4.81. The molecule has 0 aliphatic heterocycles. The molecule has 3 rings (SSSR count). The zero-order chi connectivity index (χ0) is 16.2. The molecule has 1 heterocycles. The van der Waals surface area contributed by atoms with Crippen molar-refractivity contribution >= 4 is 34.1 Å². The number of carbonyl (C=O) groups is 1. The molecule has 0 fully saturated rings. The minimum Gasteiger partial charge on any atom is -0.320 e. The molecule has 0 aliphatic rings. The smallest absolute Gasteiger partial charge is 0.274 e. The van der Waals surface area contributed by atoms with Crippen LogP contribution in [0.3, 0.4) is 0 Å². The molecule has 0 radical (unpaired) electrons. The van der Waals surface area contributed by atoms with Crippen LogP contribution in [0.4, 0.5) is 5.69 Å². The van der Waals surface area contributed by atoms with Crippen LogP contribution < -0.4 is 10.9 Å². The second-order valence-corrected chi connectivity index (χ2v) is 5.86. The van der Waals surface area contributed by atoms with E-state index in [1.54, 1.807) is 0 Å². The number of benzene rings is 2. The lowest BCUT2D eigenvalue weighted by molar-refractivity contribution is 0.102. The van der Waals surface area contributed by atoms with Crippen LogP contribution in [-0.4, -0.2) is 22.1 Å². The number of amides is 1. The van der Waals surface area contributed by atoms with Crippen LogP contribution in [0.25, 0.3) is 10.8 Å². The molecule has 5 nitrogen and oxygen atoms in total. The Balaban J connectivity index is 1.93. The number of carbonyl (C=O) groups excluding carboxylic acids is 1. The highest BCUT2D eigenvalue weighted by atomic mass is 32.2. The summed E-state index contributed by atoms with van der Waals surface area (Å²) in [6.07, 6.45) is 1.91. The average molecular weight is 325 g/mol. The lowest BCUT2D eigenvalue weighted by atomic mass is 10.1. The van der Waals surface area contributed by atoms with Gasteiger partial charge in [0.25, 0.3) is 11.5 Å². The number of thioether (sulfide) groups is 1. The van der Waals surface area contributed by atoms with Crippen LogP contribution in [0.1, 0.15) is 16.3 Å². The molecule has 0 unspecified atom stereocenters. The molecule has 3 aromatic rings. The summed E-state index contributed by atoms with van der Waals surface area (Å²) in [7, 11) is 0. The largest absolute Gasteiger partial charge is 0.320 e. The van der Waals surface area contributed by atoms with Crippen molar-refractivity contribution in [2.75, 3.05) is 11.6 Å². The van der Waals surface area contributed by atoms with E-state index in [4.69, 9.17) is 0 Å². The number of hydrogen-bond donors (Lipinski definition) is 2. The number of H-pyrrole nitrogens is 1. The molecule has 2 aromatic carbocycles. The minimum atomic E-state index is -0.394. The highest BCUT2D eigenvalue weighted by Crippen LogP contribution is 2.23. The molecular weight excluding hydrogens is 310 g/mol. The van der Waals surface area contributed by atoms with Gasteiger partial charge < -0.3 is 10.3 Å². The fourth-order valence-electron chi connectivity index (χ4n) is 2.35. The Kier molecular flexibility index (Phi) is 4.43. The summed E-state index contributed by atoms with van der Waals surface area (Å²) >= 11 is 1.53. The maximum atomic E-state index is 12.4. The van der Waals surface area contributed by atoms with Gasteiger partial charge in [-0.05, 0) is 17.7 Å². The van der Waals surface area contributed by atoms with Gasteiger partial charge in [-0.2, -0.15) is 11.8 Å². The van der Waals surface area contributed by atoms with E-state index in [1.165, 1.54) is 17.8 Å². The molecule has 2 N–H and O–H groups in total. The molecule has 0 atom stereocenters.